The average molecular weight is 264 g/mol. The molecule has 3 nitrogen and oxygen atoms in total. The third-order valence-electron chi connectivity index (χ3n) is 2.94. The summed E-state index contributed by atoms with van der Waals surface area (Å²) < 4.78 is 5.03. The standard InChI is InChI=1S/C16H24O3/c1-11(2)9-14-5-7-15(8-6-14)13(4)16(18)19-10-12(3)17/h5-8,11-13,17H,9-10H2,1-4H3/t12?,13-/m0/s1. The van der Waals surface area contributed by atoms with Gasteiger partial charge in [-0.3, -0.25) is 4.79 Å². The number of ether oxygens (including phenoxy) is 1. The second kappa shape index (κ2) is 7.29. The van der Waals surface area contributed by atoms with Crippen LogP contribution in [0.4, 0.5) is 0 Å². The summed E-state index contributed by atoms with van der Waals surface area (Å²) in [5.74, 6) is 0.0311. The van der Waals surface area contributed by atoms with Crippen molar-refractivity contribution in [1.29, 1.82) is 0 Å². The van der Waals surface area contributed by atoms with Gasteiger partial charge in [0.1, 0.15) is 6.61 Å². The molecule has 0 aliphatic carbocycles. The van der Waals surface area contributed by atoms with Crippen molar-refractivity contribution in [3.05, 3.63) is 35.4 Å². The van der Waals surface area contributed by atoms with Crippen LogP contribution in [-0.4, -0.2) is 23.8 Å². The minimum Gasteiger partial charge on any atom is -0.462 e. The van der Waals surface area contributed by atoms with Gasteiger partial charge in [-0.1, -0.05) is 38.1 Å². The maximum Gasteiger partial charge on any atom is 0.313 e. The Kier molecular flexibility index (Phi) is 6.03. The lowest BCUT2D eigenvalue weighted by Gasteiger charge is -2.13. The van der Waals surface area contributed by atoms with Crippen LogP contribution in [-0.2, 0) is 16.0 Å². The minimum atomic E-state index is -0.621. The van der Waals surface area contributed by atoms with Gasteiger partial charge in [-0.2, -0.15) is 0 Å². The summed E-state index contributed by atoms with van der Waals surface area (Å²) in [5.41, 5.74) is 2.23. The van der Waals surface area contributed by atoms with Crippen molar-refractivity contribution in [3.8, 4) is 0 Å². The quantitative estimate of drug-likeness (QED) is 0.804. The summed E-state index contributed by atoms with van der Waals surface area (Å²) in [4.78, 5) is 11.8. The number of aliphatic hydroxyl groups excluding tert-OH is 1. The number of aliphatic hydroxyl groups is 1. The highest BCUT2D eigenvalue weighted by Gasteiger charge is 2.17. The molecule has 0 aliphatic rings. The van der Waals surface area contributed by atoms with Gasteiger partial charge < -0.3 is 9.84 Å². The van der Waals surface area contributed by atoms with Crippen LogP contribution in [0.25, 0.3) is 0 Å². The lowest BCUT2D eigenvalue weighted by molar-refractivity contribution is -0.147. The summed E-state index contributed by atoms with van der Waals surface area (Å²) in [5, 5.41) is 9.10. The Morgan fingerprint density at radius 1 is 1.16 bits per heavy atom. The van der Waals surface area contributed by atoms with E-state index in [1.807, 2.05) is 19.1 Å². The van der Waals surface area contributed by atoms with E-state index in [1.54, 1.807) is 6.92 Å². The van der Waals surface area contributed by atoms with Gasteiger partial charge in [0.25, 0.3) is 0 Å². The zero-order chi connectivity index (χ0) is 14.4. The second-order valence-electron chi connectivity index (χ2n) is 5.54. The van der Waals surface area contributed by atoms with Crippen LogP contribution in [0.2, 0.25) is 0 Å². The molecule has 0 radical (unpaired) electrons. The molecule has 3 heteroatoms. The molecule has 0 aromatic heterocycles. The summed E-state index contributed by atoms with van der Waals surface area (Å²) in [6.07, 6.45) is 0.422. The van der Waals surface area contributed by atoms with E-state index >= 15 is 0 Å². The largest absolute Gasteiger partial charge is 0.462 e. The highest BCUT2D eigenvalue weighted by molar-refractivity contribution is 5.77. The van der Waals surface area contributed by atoms with Crippen molar-refractivity contribution in [2.75, 3.05) is 6.61 Å². The number of carbonyl (C=O) groups excluding carboxylic acids is 1. The van der Waals surface area contributed by atoms with Crippen molar-refractivity contribution in [3.63, 3.8) is 0 Å². The highest BCUT2D eigenvalue weighted by atomic mass is 16.5. The molecule has 1 rings (SSSR count). The Balaban J connectivity index is 2.61. The minimum absolute atomic E-state index is 0.0502. The molecule has 0 bridgehead atoms. The van der Waals surface area contributed by atoms with Gasteiger partial charge in [-0.25, -0.2) is 0 Å². The summed E-state index contributed by atoms with van der Waals surface area (Å²) in [7, 11) is 0. The molecule has 2 atom stereocenters. The molecule has 0 saturated heterocycles. The van der Waals surface area contributed by atoms with Crippen LogP contribution in [0.15, 0.2) is 24.3 Å². The lowest BCUT2D eigenvalue weighted by atomic mass is 9.97. The molecule has 1 N–H and O–H groups in total. The van der Waals surface area contributed by atoms with E-state index in [0.29, 0.717) is 5.92 Å². The van der Waals surface area contributed by atoms with Crippen LogP contribution in [0.1, 0.15) is 44.7 Å². The maximum atomic E-state index is 11.8. The van der Waals surface area contributed by atoms with Crippen molar-refractivity contribution in [2.45, 2.75) is 46.1 Å². The fourth-order valence-corrected chi connectivity index (χ4v) is 1.88. The van der Waals surface area contributed by atoms with E-state index < -0.39 is 6.10 Å². The van der Waals surface area contributed by atoms with E-state index in [-0.39, 0.29) is 18.5 Å². The predicted molar refractivity (Wildman–Crippen MR) is 76.0 cm³/mol. The van der Waals surface area contributed by atoms with Crippen molar-refractivity contribution in [2.24, 2.45) is 5.92 Å². The summed E-state index contributed by atoms with van der Waals surface area (Å²) >= 11 is 0. The monoisotopic (exact) mass is 264 g/mol. The zero-order valence-electron chi connectivity index (χ0n) is 12.2. The summed E-state index contributed by atoms with van der Waals surface area (Å²) in [6, 6.07) is 8.08. The molecule has 19 heavy (non-hydrogen) atoms. The highest BCUT2D eigenvalue weighted by Crippen LogP contribution is 2.18. The first-order valence-electron chi connectivity index (χ1n) is 6.83. The first-order chi connectivity index (χ1) is 8.90. The van der Waals surface area contributed by atoms with Crippen molar-refractivity contribution >= 4 is 5.97 Å². The molecule has 0 aliphatic heterocycles. The molecule has 106 valence electrons. The van der Waals surface area contributed by atoms with Gasteiger partial charge in [0.05, 0.1) is 12.0 Å². The number of rotatable bonds is 6. The van der Waals surface area contributed by atoms with Gasteiger partial charge in [-0.15, -0.1) is 0 Å². The van der Waals surface area contributed by atoms with Crippen LogP contribution in [0, 0.1) is 5.92 Å². The van der Waals surface area contributed by atoms with E-state index in [1.165, 1.54) is 5.56 Å². The van der Waals surface area contributed by atoms with Crippen LogP contribution in [0.3, 0.4) is 0 Å². The second-order valence-corrected chi connectivity index (χ2v) is 5.54. The van der Waals surface area contributed by atoms with Gasteiger partial charge in [0.15, 0.2) is 0 Å². The van der Waals surface area contributed by atoms with E-state index in [4.69, 9.17) is 9.84 Å². The number of carbonyl (C=O) groups is 1. The number of esters is 1. The molecule has 0 amide bonds. The Morgan fingerprint density at radius 2 is 1.74 bits per heavy atom. The molecule has 0 fully saturated rings. The van der Waals surface area contributed by atoms with Crippen molar-refractivity contribution in [1.82, 2.24) is 0 Å². The number of hydrogen-bond acceptors (Lipinski definition) is 3. The fraction of sp³-hybridized carbons (Fsp3) is 0.562. The van der Waals surface area contributed by atoms with E-state index in [2.05, 4.69) is 26.0 Å². The Hall–Kier alpha value is -1.35. The Morgan fingerprint density at radius 3 is 2.21 bits per heavy atom. The van der Waals surface area contributed by atoms with Gasteiger partial charge in [-0.05, 0) is 37.3 Å². The molecule has 0 spiro atoms. The van der Waals surface area contributed by atoms with Gasteiger partial charge in [0.2, 0.25) is 0 Å². The molecular formula is C16H24O3. The Bertz CT molecular complexity index is 393. The van der Waals surface area contributed by atoms with E-state index in [0.717, 1.165) is 12.0 Å². The number of benzene rings is 1. The normalized spacial score (nSPS) is 14.2. The fourth-order valence-electron chi connectivity index (χ4n) is 1.88. The van der Waals surface area contributed by atoms with Gasteiger partial charge in [0, 0.05) is 0 Å². The van der Waals surface area contributed by atoms with Crippen LogP contribution >= 0.6 is 0 Å². The lowest BCUT2D eigenvalue weighted by Crippen LogP contribution is -2.19. The average Bonchev–Trinajstić information content (AvgIpc) is 2.35. The molecule has 0 saturated carbocycles. The molecule has 0 heterocycles. The third kappa shape index (κ3) is 5.43. The third-order valence-corrected chi connectivity index (χ3v) is 2.94. The Labute approximate surface area is 115 Å². The topological polar surface area (TPSA) is 46.5 Å². The van der Waals surface area contributed by atoms with Crippen LogP contribution < -0.4 is 0 Å². The first-order valence-corrected chi connectivity index (χ1v) is 6.83. The maximum absolute atomic E-state index is 11.8. The zero-order valence-corrected chi connectivity index (χ0v) is 12.2. The van der Waals surface area contributed by atoms with Gasteiger partial charge >= 0.3 is 5.97 Å². The molecule has 1 aromatic rings. The molecule has 1 aromatic carbocycles. The first kappa shape index (κ1) is 15.7. The van der Waals surface area contributed by atoms with Crippen LogP contribution in [0.5, 0.6) is 0 Å². The molecular weight excluding hydrogens is 240 g/mol. The van der Waals surface area contributed by atoms with E-state index in [9.17, 15) is 4.79 Å². The number of hydrogen-bond donors (Lipinski definition) is 1. The smallest absolute Gasteiger partial charge is 0.313 e. The SMILES string of the molecule is CC(C)Cc1ccc([C@H](C)C(=O)OCC(C)O)cc1. The van der Waals surface area contributed by atoms with Crippen molar-refractivity contribution < 1.29 is 14.6 Å². The predicted octanol–water partition coefficient (Wildman–Crippen LogP) is 2.91. The summed E-state index contributed by atoms with van der Waals surface area (Å²) in [6.45, 7) is 7.84. The molecule has 1 unspecified atom stereocenters.